The van der Waals surface area contributed by atoms with E-state index in [9.17, 15) is 9.59 Å². The summed E-state index contributed by atoms with van der Waals surface area (Å²) in [6.45, 7) is 0.628. The maximum Gasteiger partial charge on any atom is 0.252 e. The molecule has 6 nitrogen and oxygen atoms in total. The Hall–Kier alpha value is -2.54. The molecule has 0 aromatic heterocycles. The molecule has 2 aromatic carbocycles. The zero-order valence-electron chi connectivity index (χ0n) is 14.0. The van der Waals surface area contributed by atoms with E-state index in [1.807, 2.05) is 6.07 Å². The molecule has 0 bridgehead atoms. The number of hydrogen-bond donors (Lipinski definition) is 2. The number of amides is 2. The van der Waals surface area contributed by atoms with Crippen molar-refractivity contribution in [1.29, 1.82) is 0 Å². The minimum atomic E-state index is -0.254. The summed E-state index contributed by atoms with van der Waals surface area (Å²) in [5.74, 6) is 0.584. The Morgan fingerprint density at radius 3 is 2.20 bits per heavy atom. The number of rotatable bonds is 7. The van der Waals surface area contributed by atoms with Crippen LogP contribution < -0.4 is 20.1 Å². The van der Waals surface area contributed by atoms with Crippen molar-refractivity contribution >= 4 is 27.7 Å². The van der Waals surface area contributed by atoms with Gasteiger partial charge >= 0.3 is 0 Å². The molecule has 0 aliphatic heterocycles. The molecule has 0 atom stereocenters. The highest BCUT2D eigenvalue weighted by Crippen LogP contribution is 2.27. The summed E-state index contributed by atoms with van der Waals surface area (Å²) in [4.78, 5) is 24.2. The van der Waals surface area contributed by atoms with Gasteiger partial charge < -0.3 is 20.1 Å². The maximum atomic E-state index is 12.2. The van der Waals surface area contributed by atoms with Crippen LogP contribution in [0.4, 0.5) is 0 Å². The molecule has 0 spiro atoms. The summed E-state index contributed by atoms with van der Waals surface area (Å²) >= 11 is 3.33. The monoisotopic (exact) mass is 406 g/mol. The van der Waals surface area contributed by atoms with Gasteiger partial charge in [-0.05, 0) is 46.3 Å². The lowest BCUT2D eigenvalue weighted by molar-refractivity contribution is 0.0927. The third-order valence-corrected chi connectivity index (χ3v) is 4.15. The Morgan fingerprint density at radius 1 is 0.920 bits per heavy atom. The molecule has 2 N–H and O–H groups in total. The molecular weight excluding hydrogens is 388 g/mol. The van der Waals surface area contributed by atoms with Crippen molar-refractivity contribution in [2.24, 2.45) is 0 Å². The average Bonchev–Trinajstić information content (AvgIpc) is 2.64. The number of benzene rings is 2. The van der Waals surface area contributed by atoms with Gasteiger partial charge in [0.15, 0.2) is 11.5 Å². The fourth-order valence-corrected chi connectivity index (χ4v) is 2.64. The third-order valence-electron chi connectivity index (χ3n) is 3.46. The Bertz CT molecular complexity index is 764. The number of carbonyl (C=O) groups is 2. The SMILES string of the molecule is COc1ccc(C(=O)NCCNC(=O)c2ccccc2Br)cc1OC. The van der Waals surface area contributed by atoms with E-state index in [4.69, 9.17) is 9.47 Å². The van der Waals surface area contributed by atoms with Crippen LogP contribution in [0, 0.1) is 0 Å². The summed E-state index contributed by atoms with van der Waals surface area (Å²) in [6.07, 6.45) is 0. The van der Waals surface area contributed by atoms with Crippen molar-refractivity contribution in [2.75, 3.05) is 27.3 Å². The molecule has 0 aliphatic carbocycles. The predicted molar refractivity (Wildman–Crippen MR) is 98.4 cm³/mol. The van der Waals surface area contributed by atoms with Gasteiger partial charge in [0.1, 0.15) is 0 Å². The van der Waals surface area contributed by atoms with Crippen molar-refractivity contribution < 1.29 is 19.1 Å². The second kappa shape index (κ2) is 9.08. The van der Waals surface area contributed by atoms with Crippen LogP contribution in [0.3, 0.4) is 0 Å². The Labute approximate surface area is 154 Å². The van der Waals surface area contributed by atoms with Crippen LogP contribution in [0.15, 0.2) is 46.9 Å². The standard InChI is InChI=1S/C18H19BrN2O4/c1-24-15-8-7-12(11-16(15)25-2)17(22)20-9-10-21-18(23)13-5-3-4-6-14(13)19/h3-8,11H,9-10H2,1-2H3,(H,20,22)(H,21,23). The molecule has 0 fully saturated rings. The quantitative estimate of drug-likeness (QED) is 0.692. The van der Waals surface area contributed by atoms with Crippen LogP contribution in [0.5, 0.6) is 11.5 Å². The number of halogens is 1. The lowest BCUT2D eigenvalue weighted by atomic mass is 10.2. The van der Waals surface area contributed by atoms with Gasteiger partial charge in [0.05, 0.1) is 19.8 Å². The normalized spacial score (nSPS) is 10.0. The van der Waals surface area contributed by atoms with Crippen molar-refractivity contribution in [1.82, 2.24) is 10.6 Å². The summed E-state index contributed by atoms with van der Waals surface area (Å²) in [6, 6.07) is 12.1. The molecule has 0 saturated carbocycles. The Balaban J connectivity index is 1.85. The number of nitrogens with one attached hydrogen (secondary N) is 2. The fraction of sp³-hybridized carbons (Fsp3) is 0.222. The zero-order valence-corrected chi connectivity index (χ0v) is 15.6. The minimum absolute atomic E-state index is 0.201. The van der Waals surface area contributed by atoms with Crippen molar-refractivity contribution in [3.8, 4) is 11.5 Å². The van der Waals surface area contributed by atoms with E-state index < -0.39 is 0 Å². The van der Waals surface area contributed by atoms with Crippen LogP contribution in [0.1, 0.15) is 20.7 Å². The zero-order chi connectivity index (χ0) is 18.2. The summed E-state index contributed by atoms with van der Waals surface area (Å²) in [7, 11) is 3.04. The van der Waals surface area contributed by atoms with E-state index in [-0.39, 0.29) is 11.8 Å². The molecule has 7 heteroatoms. The molecule has 132 valence electrons. The van der Waals surface area contributed by atoms with E-state index in [0.717, 1.165) is 4.47 Å². The van der Waals surface area contributed by atoms with Crippen LogP contribution in [-0.2, 0) is 0 Å². The lowest BCUT2D eigenvalue weighted by Gasteiger charge is -2.10. The Morgan fingerprint density at radius 2 is 1.56 bits per heavy atom. The summed E-state index contributed by atoms with van der Waals surface area (Å²) in [5, 5.41) is 5.51. The maximum absolute atomic E-state index is 12.2. The second-order valence-electron chi connectivity index (χ2n) is 5.06. The second-order valence-corrected chi connectivity index (χ2v) is 5.92. The van der Waals surface area contributed by atoms with Gasteiger partial charge in [0.2, 0.25) is 0 Å². The molecule has 2 amide bonds. The first kappa shape index (κ1) is 18.8. The van der Waals surface area contributed by atoms with Gasteiger partial charge in [-0.3, -0.25) is 9.59 Å². The van der Waals surface area contributed by atoms with Crippen LogP contribution >= 0.6 is 15.9 Å². The predicted octanol–water partition coefficient (Wildman–Crippen LogP) is 2.63. The molecule has 0 heterocycles. The largest absolute Gasteiger partial charge is 0.493 e. The summed E-state index contributed by atoms with van der Waals surface area (Å²) in [5.41, 5.74) is 1.00. The topological polar surface area (TPSA) is 76.7 Å². The first-order valence-corrected chi connectivity index (χ1v) is 8.39. The van der Waals surface area contributed by atoms with Gasteiger partial charge in [0, 0.05) is 23.1 Å². The number of hydrogen-bond acceptors (Lipinski definition) is 4. The molecule has 0 unspecified atom stereocenters. The van der Waals surface area contributed by atoms with Crippen LogP contribution in [0.25, 0.3) is 0 Å². The van der Waals surface area contributed by atoms with Crippen molar-refractivity contribution in [3.63, 3.8) is 0 Å². The molecular formula is C18H19BrN2O4. The molecule has 2 rings (SSSR count). The van der Waals surface area contributed by atoms with E-state index >= 15 is 0 Å². The van der Waals surface area contributed by atoms with E-state index in [2.05, 4.69) is 26.6 Å². The molecule has 0 aliphatic rings. The van der Waals surface area contributed by atoms with Crippen molar-refractivity contribution in [3.05, 3.63) is 58.1 Å². The van der Waals surface area contributed by atoms with Crippen molar-refractivity contribution in [2.45, 2.75) is 0 Å². The highest BCUT2D eigenvalue weighted by atomic mass is 79.9. The first-order chi connectivity index (χ1) is 12.1. The molecule has 2 aromatic rings. The number of carbonyl (C=O) groups excluding carboxylic acids is 2. The van der Waals surface area contributed by atoms with Crippen LogP contribution in [0.2, 0.25) is 0 Å². The fourth-order valence-electron chi connectivity index (χ4n) is 2.17. The minimum Gasteiger partial charge on any atom is -0.493 e. The highest BCUT2D eigenvalue weighted by molar-refractivity contribution is 9.10. The van der Waals surface area contributed by atoms with E-state index in [0.29, 0.717) is 35.7 Å². The van der Waals surface area contributed by atoms with E-state index in [1.165, 1.54) is 14.2 Å². The first-order valence-electron chi connectivity index (χ1n) is 7.59. The van der Waals surface area contributed by atoms with Gasteiger partial charge in [-0.1, -0.05) is 12.1 Å². The summed E-state index contributed by atoms with van der Waals surface area (Å²) < 4.78 is 11.0. The van der Waals surface area contributed by atoms with Gasteiger partial charge in [0.25, 0.3) is 11.8 Å². The van der Waals surface area contributed by atoms with Crippen LogP contribution in [-0.4, -0.2) is 39.1 Å². The number of ether oxygens (including phenoxy) is 2. The third kappa shape index (κ3) is 4.96. The van der Waals surface area contributed by atoms with Gasteiger partial charge in [-0.25, -0.2) is 0 Å². The Kier molecular flexibility index (Phi) is 6.82. The highest BCUT2D eigenvalue weighted by Gasteiger charge is 2.11. The number of methoxy groups -OCH3 is 2. The molecule has 0 saturated heterocycles. The molecule has 0 radical (unpaired) electrons. The van der Waals surface area contributed by atoms with Gasteiger partial charge in [-0.15, -0.1) is 0 Å². The van der Waals surface area contributed by atoms with E-state index in [1.54, 1.807) is 36.4 Å². The molecule has 25 heavy (non-hydrogen) atoms. The smallest absolute Gasteiger partial charge is 0.252 e. The average molecular weight is 407 g/mol. The lowest BCUT2D eigenvalue weighted by Crippen LogP contribution is -2.34. The van der Waals surface area contributed by atoms with Gasteiger partial charge in [-0.2, -0.15) is 0 Å².